The predicted octanol–water partition coefficient (Wildman–Crippen LogP) is 3.65. The van der Waals surface area contributed by atoms with Gasteiger partial charge in [-0.1, -0.05) is 0 Å². The molecule has 0 saturated carbocycles. The van der Waals surface area contributed by atoms with E-state index in [0.29, 0.717) is 0 Å². The number of rotatable bonds is 0. The van der Waals surface area contributed by atoms with E-state index >= 15 is 0 Å². The molecule has 2 aromatic carbocycles. The second-order valence-electron chi connectivity index (χ2n) is 1.92. The van der Waals surface area contributed by atoms with Crippen molar-refractivity contribution in [2.75, 3.05) is 0 Å². The Balaban J connectivity index is -0.000000125. The van der Waals surface area contributed by atoms with Crippen molar-refractivity contribution in [2.45, 2.75) is 0 Å². The molecule has 0 aliphatic rings. The minimum absolute atomic E-state index is 0. The molecule has 0 N–H and O–H groups in total. The summed E-state index contributed by atoms with van der Waals surface area (Å²) >= 11 is 0. The SMILES string of the molecule is Cl.Cl.[V].[cH-]1[cH-][cH-][cH-][cH-]1.c1cc[cH-]c1. The van der Waals surface area contributed by atoms with Gasteiger partial charge in [-0.05, 0) is 0 Å². The van der Waals surface area contributed by atoms with Gasteiger partial charge in [0, 0.05) is 18.6 Å². The molecule has 1 radical (unpaired) electrons. The van der Waals surface area contributed by atoms with Gasteiger partial charge in [0.2, 0.25) is 0 Å². The van der Waals surface area contributed by atoms with E-state index in [9.17, 15) is 0 Å². The topological polar surface area (TPSA) is 0 Å². The number of hydrogen-bond acceptors (Lipinski definition) is 0. The van der Waals surface area contributed by atoms with E-state index in [1.165, 1.54) is 0 Å². The molecule has 0 nitrogen and oxygen atoms in total. The average Bonchev–Trinajstić information content (AvgIpc) is 2.67. The molecular weight excluding hydrogens is 242 g/mol. The van der Waals surface area contributed by atoms with Gasteiger partial charge in [-0.2, -0.15) is 18.2 Å². The minimum Gasteiger partial charge on any atom is -0.748 e. The summed E-state index contributed by atoms with van der Waals surface area (Å²) in [4.78, 5) is 0. The summed E-state index contributed by atoms with van der Waals surface area (Å²) in [6.07, 6.45) is 0. The van der Waals surface area contributed by atoms with Gasteiger partial charge >= 0.3 is 0 Å². The fourth-order valence-electron chi connectivity index (χ4n) is 0.642. The molecule has 2 aromatic rings. The molecule has 0 bridgehead atoms. The molecule has 0 saturated heterocycles. The smallest absolute Gasteiger partial charge is 0 e. The van der Waals surface area contributed by atoms with Crippen molar-refractivity contribution in [1.82, 2.24) is 0 Å². The van der Waals surface area contributed by atoms with Crippen LogP contribution in [0.1, 0.15) is 0 Å². The van der Waals surface area contributed by atoms with Gasteiger partial charge in [0.1, 0.15) is 0 Å². The zero-order valence-corrected chi connectivity index (χ0v) is 10.1. The van der Waals surface area contributed by atoms with Gasteiger partial charge in [-0.3, -0.25) is 0 Å². The summed E-state index contributed by atoms with van der Waals surface area (Å²) in [5.74, 6) is 0. The molecule has 3 heteroatoms. The Morgan fingerprint density at radius 2 is 0.923 bits per heavy atom. The number of halogens is 2. The zero-order chi connectivity index (χ0) is 7.07. The van der Waals surface area contributed by atoms with Crippen molar-refractivity contribution in [2.24, 2.45) is 0 Å². The third kappa shape index (κ3) is 11.9. The van der Waals surface area contributed by atoms with Crippen LogP contribution in [0.5, 0.6) is 0 Å². The molecule has 77 valence electrons. The molecule has 2 rings (SSSR count). The molecule has 0 unspecified atom stereocenters. The van der Waals surface area contributed by atoms with Gasteiger partial charge in [-0.15, -0.1) is 24.8 Å². The van der Waals surface area contributed by atoms with E-state index in [-0.39, 0.29) is 43.4 Å². The quantitative estimate of drug-likeness (QED) is 0.629. The van der Waals surface area contributed by atoms with Crippen LogP contribution in [0.3, 0.4) is 0 Å². The molecule has 0 spiro atoms. The van der Waals surface area contributed by atoms with Crippen LogP contribution < -0.4 is 0 Å². The van der Waals surface area contributed by atoms with Crippen molar-refractivity contribution >= 4 is 24.8 Å². The summed E-state index contributed by atoms with van der Waals surface area (Å²) in [6, 6.07) is 20.0. The average molecular weight is 254 g/mol. The second kappa shape index (κ2) is 14.4. The number of hydrogen-bond donors (Lipinski definition) is 0. The first-order chi connectivity index (χ1) is 5.00. The van der Waals surface area contributed by atoms with Gasteiger partial charge in [0.15, 0.2) is 0 Å². The summed E-state index contributed by atoms with van der Waals surface area (Å²) in [6.45, 7) is 0. The van der Waals surface area contributed by atoms with Crippen LogP contribution in [-0.2, 0) is 18.6 Å². The molecule has 0 aromatic heterocycles. The Morgan fingerprint density at radius 1 is 0.615 bits per heavy atom. The van der Waals surface area contributed by atoms with E-state index < -0.39 is 0 Å². The Kier molecular flexibility index (Phi) is 20.6. The van der Waals surface area contributed by atoms with Crippen LogP contribution in [0.4, 0.5) is 0 Å². The van der Waals surface area contributed by atoms with Crippen molar-refractivity contribution in [3.8, 4) is 0 Å². The van der Waals surface area contributed by atoms with Crippen molar-refractivity contribution in [1.29, 1.82) is 0 Å². The first-order valence-corrected chi connectivity index (χ1v) is 3.33. The standard InChI is InChI=1S/2C5H5.2ClH.V/c2*1-2-4-5-3-1;;;/h2*1-5H;2*1H;/q-5;-1;;;. The van der Waals surface area contributed by atoms with Crippen LogP contribution in [0.25, 0.3) is 0 Å². The van der Waals surface area contributed by atoms with Gasteiger partial charge < -0.3 is 30.3 Å². The van der Waals surface area contributed by atoms with E-state index in [0.717, 1.165) is 0 Å². The third-order valence-corrected chi connectivity index (χ3v) is 1.11. The summed E-state index contributed by atoms with van der Waals surface area (Å²) in [7, 11) is 0. The van der Waals surface area contributed by atoms with Crippen LogP contribution in [0.15, 0.2) is 60.7 Å². The normalized spacial score (nSPS) is 6.15. The van der Waals surface area contributed by atoms with E-state index in [1.54, 1.807) is 0 Å². The molecular formula is C10H12Cl2V-6. The molecule has 0 aliphatic heterocycles. The fourth-order valence-corrected chi connectivity index (χ4v) is 0.642. The fraction of sp³-hybridized carbons (Fsp3) is 0. The maximum Gasteiger partial charge on any atom is 0 e. The van der Waals surface area contributed by atoms with Crippen molar-refractivity contribution in [3.05, 3.63) is 60.7 Å². The predicted molar refractivity (Wildman–Crippen MR) is 58.6 cm³/mol. The molecule has 0 fully saturated rings. The van der Waals surface area contributed by atoms with Crippen LogP contribution in [-0.4, -0.2) is 0 Å². The summed E-state index contributed by atoms with van der Waals surface area (Å²) in [5, 5.41) is 0. The Morgan fingerprint density at radius 3 is 1.08 bits per heavy atom. The molecule has 0 aliphatic carbocycles. The molecule has 13 heavy (non-hydrogen) atoms. The first-order valence-electron chi connectivity index (χ1n) is 3.33. The zero-order valence-electron chi connectivity index (χ0n) is 7.04. The maximum atomic E-state index is 2.00. The van der Waals surface area contributed by atoms with Gasteiger partial charge in [-0.25, -0.2) is 12.1 Å². The van der Waals surface area contributed by atoms with E-state index in [4.69, 9.17) is 0 Å². The van der Waals surface area contributed by atoms with Crippen molar-refractivity contribution in [3.63, 3.8) is 0 Å². The van der Waals surface area contributed by atoms with Crippen LogP contribution >= 0.6 is 24.8 Å². The Bertz CT molecular complexity index is 152. The largest absolute Gasteiger partial charge is 0.748 e. The summed E-state index contributed by atoms with van der Waals surface area (Å²) < 4.78 is 0. The monoisotopic (exact) mass is 253 g/mol. The second-order valence-corrected chi connectivity index (χ2v) is 1.92. The summed E-state index contributed by atoms with van der Waals surface area (Å²) in [5.41, 5.74) is 0. The van der Waals surface area contributed by atoms with E-state index in [2.05, 4.69) is 0 Å². The van der Waals surface area contributed by atoms with E-state index in [1.807, 2.05) is 60.7 Å². The first kappa shape index (κ1) is 18.6. The third-order valence-electron chi connectivity index (χ3n) is 1.11. The Hall–Kier alpha value is -0.136. The maximum absolute atomic E-state index is 2.00. The van der Waals surface area contributed by atoms with Gasteiger partial charge in [0.05, 0.1) is 0 Å². The minimum atomic E-state index is 0. The Labute approximate surface area is 104 Å². The molecule has 0 atom stereocenters. The molecule has 0 amide bonds. The van der Waals surface area contributed by atoms with Crippen LogP contribution in [0, 0.1) is 0 Å². The van der Waals surface area contributed by atoms with Gasteiger partial charge in [0.25, 0.3) is 0 Å². The van der Waals surface area contributed by atoms with Crippen LogP contribution in [0.2, 0.25) is 0 Å². The molecule has 0 heterocycles. The van der Waals surface area contributed by atoms with Crippen molar-refractivity contribution < 1.29 is 18.6 Å².